The third-order valence-corrected chi connectivity index (χ3v) is 13.6. The molecule has 5 rings (SSSR count). The van der Waals surface area contributed by atoms with Gasteiger partial charge in [-0.25, -0.2) is 17.2 Å². The number of nitrogens with zero attached hydrogens (tertiary/aromatic N) is 1. The average molecular weight is 796 g/mol. The number of imide groups is 1. The van der Waals surface area contributed by atoms with Crippen LogP contribution >= 0.6 is 0 Å². The highest BCUT2D eigenvalue weighted by molar-refractivity contribution is 7.92. The molecule has 3 N–H and O–H groups in total. The van der Waals surface area contributed by atoms with Crippen molar-refractivity contribution in [1.29, 1.82) is 0 Å². The second-order valence-corrected chi connectivity index (χ2v) is 18.0. The topological polar surface area (TPSA) is 142 Å². The molecule has 2 fully saturated rings. The van der Waals surface area contributed by atoms with Gasteiger partial charge < -0.3 is 20.5 Å². The highest BCUT2D eigenvalue weighted by Gasteiger charge is 2.86. The molecular weight excluding hydrogens is 741 g/mol. The Morgan fingerprint density at radius 1 is 0.893 bits per heavy atom. The highest BCUT2D eigenvalue weighted by atomic mass is 32.2. The Kier molecular flexibility index (Phi) is 13.9. The number of amides is 3. The zero-order valence-corrected chi connectivity index (χ0v) is 33.7. The lowest BCUT2D eigenvalue weighted by Gasteiger charge is -2.33. The van der Waals surface area contributed by atoms with Crippen LogP contribution in [0.1, 0.15) is 82.6 Å². The van der Waals surface area contributed by atoms with Crippen LogP contribution in [0.2, 0.25) is 0 Å². The normalized spacial score (nSPS) is 20.5. The quantitative estimate of drug-likeness (QED) is 0.121. The van der Waals surface area contributed by atoms with Gasteiger partial charge in [-0.05, 0) is 60.1 Å². The van der Waals surface area contributed by atoms with Crippen molar-refractivity contribution in [3.05, 3.63) is 107 Å². The van der Waals surface area contributed by atoms with E-state index in [0.29, 0.717) is 38.3 Å². The zero-order valence-electron chi connectivity index (χ0n) is 32.9. The number of carbonyl (C=O) groups is 3. The van der Waals surface area contributed by atoms with E-state index in [0.717, 1.165) is 40.1 Å². The molecule has 3 aromatic carbocycles. The molecule has 56 heavy (non-hydrogen) atoms. The summed E-state index contributed by atoms with van der Waals surface area (Å²) in [5.41, 5.74) is 0.427. The van der Waals surface area contributed by atoms with Crippen molar-refractivity contribution >= 4 is 27.6 Å². The van der Waals surface area contributed by atoms with E-state index in [2.05, 4.69) is 10.6 Å². The van der Waals surface area contributed by atoms with Crippen LogP contribution in [0.25, 0.3) is 0 Å². The van der Waals surface area contributed by atoms with Crippen LogP contribution in [-0.4, -0.2) is 77.5 Å². The number of hydrogen-bond donors (Lipinski definition) is 3. The molecule has 1 aliphatic heterocycles. The van der Waals surface area contributed by atoms with Gasteiger partial charge in [-0.2, -0.15) is 0 Å². The summed E-state index contributed by atoms with van der Waals surface area (Å²) in [6, 6.07) is 16.8. The van der Waals surface area contributed by atoms with Crippen LogP contribution in [0, 0.1) is 23.0 Å². The van der Waals surface area contributed by atoms with Gasteiger partial charge in [0.25, 0.3) is 5.91 Å². The molecule has 304 valence electrons. The molecular formula is C43H55F2N3O7S. The summed E-state index contributed by atoms with van der Waals surface area (Å²) in [5.74, 6) is -6.02. The number of aliphatic hydroxyl groups is 1. The molecule has 1 heterocycles. The Hall–Kier alpha value is -4.04. The number of carbonyl (C=O) groups excluding carboxylic acids is 3. The van der Waals surface area contributed by atoms with Crippen LogP contribution in [0.15, 0.2) is 72.8 Å². The lowest BCUT2D eigenvalue weighted by molar-refractivity contribution is -0.157. The fraction of sp³-hybridized carbons (Fsp3) is 0.512. The minimum atomic E-state index is -4.08. The first-order valence-corrected chi connectivity index (χ1v) is 21.3. The Bertz CT molecular complexity index is 1950. The molecule has 2 unspecified atom stereocenters. The summed E-state index contributed by atoms with van der Waals surface area (Å²) in [4.78, 5) is 44.1. The fourth-order valence-corrected chi connectivity index (χ4v) is 10.4. The second kappa shape index (κ2) is 18.0. The highest BCUT2D eigenvalue weighted by Crippen LogP contribution is 2.69. The van der Waals surface area contributed by atoms with Gasteiger partial charge in [0, 0.05) is 24.6 Å². The first kappa shape index (κ1) is 43.1. The van der Waals surface area contributed by atoms with Crippen LogP contribution in [0.3, 0.4) is 0 Å². The van der Waals surface area contributed by atoms with Gasteiger partial charge in [0.05, 0.1) is 35.7 Å². The van der Waals surface area contributed by atoms with Crippen molar-refractivity contribution in [2.45, 2.75) is 115 Å². The van der Waals surface area contributed by atoms with Gasteiger partial charge in [-0.15, -0.1) is 0 Å². The number of likely N-dealkylation sites (tertiary alicyclic amines) is 1. The Labute approximate surface area is 329 Å². The van der Waals surface area contributed by atoms with E-state index in [1.807, 2.05) is 75.4 Å². The molecule has 13 heteroatoms. The summed E-state index contributed by atoms with van der Waals surface area (Å²) < 4.78 is 63.2. The SMILES string of the molecule is CCCC(CCC)S(=O)(=O)C[C@@H](C(=O)N[C@@H](Cc1cc(F)cc(F)c1)[C@H](O)CNCc1cccc(CC)c1)N1C(=O)C2C(C)(C)C2(OCc2ccccc2)C1=O. The monoisotopic (exact) mass is 795 g/mol. The predicted molar refractivity (Wildman–Crippen MR) is 210 cm³/mol. The first-order valence-electron chi connectivity index (χ1n) is 19.6. The molecule has 0 radical (unpaired) electrons. The van der Waals surface area contributed by atoms with Gasteiger partial charge in [-0.3, -0.25) is 19.3 Å². The largest absolute Gasteiger partial charge is 0.390 e. The van der Waals surface area contributed by atoms with E-state index in [-0.39, 0.29) is 25.1 Å². The summed E-state index contributed by atoms with van der Waals surface area (Å²) in [5, 5.41) is 16.6. The van der Waals surface area contributed by atoms with Gasteiger partial charge in [0.15, 0.2) is 15.4 Å². The number of aryl methyl sites for hydroxylation is 1. The molecule has 2 aliphatic rings. The van der Waals surface area contributed by atoms with Crippen molar-refractivity contribution in [2.24, 2.45) is 11.3 Å². The van der Waals surface area contributed by atoms with Crippen LogP contribution in [0.5, 0.6) is 0 Å². The van der Waals surface area contributed by atoms with E-state index in [4.69, 9.17) is 4.74 Å². The fourth-order valence-electron chi connectivity index (χ4n) is 8.20. The summed E-state index contributed by atoms with van der Waals surface area (Å²) in [7, 11) is -4.08. The van der Waals surface area contributed by atoms with E-state index in [9.17, 15) is 36.7 Å². The minimum absolute atomic E-state index is 0.00602. The van der Waals surface area contributed by atoms with Gasteiger partial charge in [-0.1, -0.05) is 102 Å². The lowest BCUT2D eigenvalue weighted by atomic mass is 9.99. The number of rotatable bonds is 21. The second-order valence-electron chi connectivity index (χ2n) is 15.7. The number of fused-ring (bicyclic) bond motifs is 1. The number of ether oxygens (including phenoxy) is 1. The van der Waals surface area contributed by atoms with E-state index >= 15 is 0 Å². The number of sulfone groups is 1. The molecule has 3 amide bonds. The standard InChI is InChI=1S/C43H55F2N3O7S/c1-6-13-34(14-7-2)56(53,54)27-36(48-40(51)38-42(4,5)43(38,41(48)52)55-26-29-15-10-9-11-16-29)39(50)47-35(22-31-20-32(44)23-33(45)21-31)37(49)25-46-24-30-18-12-17-28(8-3)19-30/h9-12,15-21,23,34-38,46,49H,6-8,13-14,22,24-27H2,1-5H3,(H,47,50)/t35-,36-,37+,38?,43?/m0/s1. The van der Waals surface area contributed by atoms with Gasteiger partial charge in [0.2, 0.25) is 11.8 Å². The molecule has 1 saturated carbocycles. The molecule has 1 aliphatic carbocycles. The van der Waals surface area contributed by atoms with Crippen LogP contribution in [0.4, 0.5) is 8.78 Å². The van der Waals surface area contributed by atoms with Crippen molar-refractivity contribution in [2.75, 3.05) is 12.3 Å². The predicted octanol–water partition coefficient (Wildman–Crippen LogP) is 5.44. The maximum Gasteiger partial charge on any atom is 0.263 e. The number of piperidine rings is 1. The molecule has 5 atom stereocenters. The summed E-state index contributed by atoms with van der Waals surface area (Å²) in [6.45, 7) is 9.53. The number of hydrogen-bond acceptors (Lipinski definition) is 8. The van der Waals surface area contributed by atoms with E-state index < -0.39 is 85.3 Å². The zero-order chi connectivity index (χ0) is 40.8. The maximum absolute atomic E-state index is 14.6. The van der Waals surface area contributed by atoms with Crippen LogP contribution in [-0.2, 0) is 55.0 Å². The number of aliphatic hydroxyl groups excluding tert-OH is 1. The molecule has 0 bridgehead atoms. The first-order chi connectivity index (χ1) is 26.6. The number of benzene rings is 3. The smallest absolute Gasteiger partial charge is 0.263 e. The summed E-state index contributed by atoms with van der Waals surface area (Å²) in [6.07, 6.45) is 1.01. The van der Waals surface area contributed by atoms with E-state index in [1.165, 1.54) is 0 Å². The molecule has 0 aromatic heterocycles. The van der Waals surface area contributed by atoms with Crippen molar-refractivity contribution in [3.63, 3.8) is 0 Å². The van der Waals surface area contributed by atoms with Gasteiger partial charge >= 0.3 is 0 Å². The maximum atomic E-state index is 14.6. The molecule has 3 aromatic rings. The lowest BCUT2D eigenvalue weighted by Crippen LogP contribution is -2.60. The Balaban J connectivity index is 1.46. The molecule has 0 spiro atoms. The minimum Gasteiger partial charge on any atom is -0.390 e. The summed E-state index contributed by atoms with van der Waals surface area (Å²) >= 11 is 0. The van der Waals surface area contributed by atoms with Crippen molar-refractivity contribution < 1.29 is 41.4 Å². The third kappa shape index (κ3) is 9.22. The average Bonchev–Trinajstić information content (AvgIpc) is 3.56. The molecule has 10 nitrogen and oxygen atoms in total. The third-order valence-electron chi connectivity index (χ3n) is 11.3. The van der Waals surface area contributed by atoms with Crippen molar-refractivity contribution in [3.8, 4) is 0 Å². The van der Waals surface area contributed by atoms with Crippen LogP contribution < -0.4 is 10.6 Å². The number of halogens is 2. The van der Waals surface area contributed by atoms with Crippen molar-refractivity contribution in [1.82, 2.24) is 15.5 Å². The Morgan fingerprint density at radius 2 is 1.52 bits per heavy atom. The van der Waals surface area contributed by atoms with Gasteiger partial charge in [0.1, 0.15) is 17.7 Å². The molecule has 1 saturated heterocycles. The number of nitrogens with one attached hydrogen (secondary N) is 2. The Morgan fingerprint density at radius 3 is 2.14 bits per heavy atom. The van der Waals surface area contributed by atoms with E-state index in [1.54, 1.807) is 13.8 Å².